The lowest BCUT2D eigenvalue weighted by Gasteiger charge is -2.11. The summed E-state index contributed by atoms with van der Waals surface area (Å²) in [5.74, 6) is -0.340. The molecule has 3 rings (SSSR count). The summed E-state index contributed by atoms with van der Waals surface area (Å²) in [5, 5.41) is 3.64. The van der Waals surface area contributed by atoms with Crippen molar-refractivity contribution in [3.05, 3.63) is 44.7 Å². The first-order chi connectivity index (χ1) is 9.63. The molecule has 1 fully saturated rings. The summed E-state index contributed by atoms with van der Waals surface area (Å²) >= 11 is 3.36. The molecule has 104 valence electrons. The first-order valence-corrected chi connectivity index (χ1v) is 7.47. The lowest BCUT2D eigenvalue weighted by Crippen LogP contribution is -2.35. The van der Waals surface area contributed by atoms with Crippen molar-refractivity contribution in [2.75, 3.05) is 0 Å². The van der Waals surface area contributed by atoms with Gasteiger partial charge in [-0.25, -0.2) is 4.79 Å². The topological polar surface area (TPSA) is 59.3 Å². The molecule has 1 N–H and O–H groups in total. The summed E-state index contributed by atoms with van der Waals surface area (Å²) < 4.78 is 6.07. The first-order valence-electron chi connectivity index (χ1n) is 6.68. The highest BCUT2D eigenvalue weighted by atomic mass is 79.9. The smallest absolute Gasteiger partial charge is 0.349 e. The molecule has 1 aromatic heterocycles. The zero-order valence-electron chi connectivity index (χ0n) is 10.8. The predicted octanol–water partition coefficient (Wildman–Crippen LogP) is 3.23. The van der Waals surface area contributed by atoms with Gasteiger partial charge in [0.05, 0.1) is 0 Å². The van der Waals surface area contributed by atoms with Crippen LogP contribution in [0.25, 0.3) is 11.0 Å². The van der Waals surface area contributed by atoms with Gasteiger partial charge >= 0.3 is 5.63 Å². The molecule has 0 atom stereocenters. The fourth-order valence-corrected chi connectivity index (χ4v) is 2.96. The van der Waals surface area contributed by atoms with Crippen molar-refractivity contribution in [3.8, 4) is 0 Å². The second kappa shape index (κ2) is 5.40. The van der Waals surface area contributed by atoms with Crippen molar-refractivity contribution in [2.45, 2.75) is 31.7 Å². The summed E-state index contributed by atoms with van der Waals surface area (Å²) in [7, 11) is 0. The minimum atomic E-state index is -0.588. The van der Waals surface area contributed by atoms with E-state index in [9.17, 15) is 9.59 Å². The van der Waals surface area contributed by atoms with Gasteiger partial charge in [0.25, 0.3) is 5.91 Å². The molecule has 2 aromatic rings. The number of hydrogen-bond acceptors (Lipinski definition) is 3. The van der Waals surface area contributed by atoms with Crippen molar-refractivity contribution < 1.29 is 9.21 Å². The van der Waals surface area contributed by atoms with Gasteiger partial charge in [-0.05, 0) is 37.1 Å². The zero-order chi connectivity index (χ0) is 14.1. The largest absolute Gasteiger partial charge is 0.422 e. The third-order valence-electron chi connectivity index (χ3n) is 3.63. The third-order valence-corrected chi connectivity index (χ3v) is 4.12. The lowest BCUT2D eigenvalue weighted by molar-refractivity contribution is 0.0934. The summed E-state index contributed by atoms with van der Waals surface area (Å²) in [6, 6.07) is 7.10. The van der Waals surface area contributed by atoms with Crippen molar-refractivity contribution in [1.82, 2.24) is 5.32 Å². The van der Waals surface area contributed by atoms with Gasteiger partial charge in [-0.15, -0.1) is 0 Å². The standard InChI is InChI=1S/C15H14BrNO3/c16-10-5-6-13-9(7-10)8-12(15(19)20-13)14(18)17-11-3-1-2-4-11/h5-8,11H,1-4H2,(H,17,18). The molecule has 0 unspecified atom stereocenters. The van der Waals surface area contributed by atoms with E-state index in [0.717, 1.165) is 35.5 Å². The monoisotopic (exact) mass is 335 g/mol. The van der Waals surface area contributed by atoms with Crippen LogP contribution < -0.4 is 10.9 Å². The highest BCUT2D eigenvalue weighted by molar-refractivity contribution is 9.10. The van der Waals surface area contributed by atoms with E-state index >= 15 is 0 Å². The maximum Gasteiger partial charge on any atom is 0.349 e. The Morgan fingerprint density at radius 3 is 2.75 bits per heavy atom. The molecule has 0 radical (unpaired) electrons. The van der Waals surface area contributed by atoms with Gasteiger partial charge in [-0.2, -0.15) is 0 Å². The Bertz CT molecular complexity index is 717. The molecule has 4 nitrogen and oxygen atoms in total. The second-order valence-electron chi connectivity index (χ2n) is 5.08. The molecule has 1 amide bonds. The van der Waals surface area contributed by atoms with Crippen LogP contribution in [-0.4, -0.2) is 11.9 Å². The number of benzene rings is 1. The SMILES string of the molecule is O=C(NC1CCCC1)c1cc2cc(Br)ccc2oc1=O. The molecule has 1 heterocycles. The molecule has 1 aliphatic carbocycles. The molecule has 0 bridgehead atoms. The van der Waals surface area contributed by atoms with Crippen LogP contribution in [0.15, 0.2) is 37.9 Å². The molecule has 0 saturated heterocycles. The van der Waals surface area contributed by atoms with Crippen LogP contribution in [0.2, 0.25) is 0 Å². The van der Waals surface area contributed by atoms with Crippen molar-refractivity contribution in [3.63, 3.8) is 0 Å². The number of carbonyl (C=O) groups excluding carboxylic acids is 1. The Morgan fingerprint density at radius 2 is 2.00 bits per heavy atom. The van der Waals surface area contributed by atoms with Crippen LogP contribution >= 0.6 is 15.9 Å². The van der Waals surface area contributed by atoms with Crippen LogP contribution in [0.5, 0.6) is 0 Å². The van der Waals surface area contributed by atoms with Gasteiger partial charge in [0.15, 0.2) is 0 Å². The molecule has 5 heteroatoms. The average molecular weight is 336 g/mol. The quantitative estimate of drug-likeness (QED) is 0.857. The average Bonchev–Trinajstić information content (AvgIpc) is 2.91. The zero-order valence-corrected chi connectivity index (χ0v) is 12.4. The fourth-order valence-electron chi connectivity index (χ4n) is 2.59. The first kappa shape index (κ1) is 13.4. The minimum absolute atomic E-state index is 0.0718. The van der Waals surface area contributed by atoms with E-state index in [-0.39, 0.29) is 17.5 Å². The van der Waals surface area contributed by atoms with Crippen LogP contribution in [0.3, 0.4) is 0 Å². The number of amides is 1. The normalized spacial score (nSPS) is 15.7. The van der Waals surface area contributed by atoms with E-state index in [4.69, 9.17) is 4.42 Å². The summed E-state index contributed by atoms with van der Waals surface area (Å²) in [4.78, 5) is 24.1. The minimum Gasteiger partial charge on any atom is -0.422 e. The van der Waals surface area contributed by atoms with E-state index in [1.54, 1.807) is 18.2 Å². The molecule has 1 aromatic carbocycles. The summed E-state index contributed by atoms with van der Waals surface area (Å²) in [6.07, 6.45) is 4.22. The maximum absolute atomic E-state index is 12.2. The Labute approximate surface area is 124 Å². The van der Waals surface area contributed by atoms with Gasteiger partial charge in [-0.1, -0.05) is 28.8 Å². The van der Waals surface area contributed by atoms with Gasteiger partial charge in [-0.3, -0.25) is 4.79 Å². The van der Waals surface area contributed by atoms with Crippen molar-refractivity contribution >= 4 is 32.8 Å². The Morgan fingerprint density at radius 1 is 1.25 bits per heavy atom. The van der Waals surface area contributed by atoms with Gasteiger partial charge in [0.2, 0.25) is 0 Å². The molecular formula is C15H14BrNO3. The van der Waals surface area contributed by atoms with Crippen LogP contribution in [0.4, 0.5) is 0 Å². The number of halogens is 1. The van der Waals surface area contributed by atoms with Crippen LogP contribution in [-0.2, 0) is 0 Å². The molecule has 0 aliphatic heterocycles. The number of nitrogens with one attached hydrogen (secondary N) is 1. The fraction of sp³-hybridized carbons (Fsp3) is 0.333. The van der Waals surface area contributed by atoms with Gasteiger partial charge < -0.3 is 9.73 Å². The Kier molecular flexibility index (Phi) is 3.61. The number of rotatable bonds is 2. The van der Waals surface area contributed by atoms with Crippen LogP contribution in [0.1, 0.15) is 36.0 Å². The molecule has 0 spiro atoms. The summed E-state index contributed by atoms with van der Waals surface area (Å²) in [5.41, 5.74) is -0.0339. The number of hydrogen-bond donors (Lipinski definition) is 1. The van der Waals surface area contributed by atoms with E-state index < -0.39 is 5.63 Å². The Hall–Kier alpha value is -1.62. The second-order valence-corrected chi connectivity index (χ2v) is 6.00. The van der Waals surface area contributed by atoms with Gasteiger partial charge in [0.1, 0.15) is 11.1 Å². The van der Waals surface area contributed by atoms with E-state index in [2.05, 4.69) is 21.2 Å². The lowest BCUT2D eigenvalue weighted by atomic mass is 10.1. The van der Waals surface area contributed by atoms with Gasteiger partial charge in [0, 0.05) is 15.9 Å². The maximum atomic E-state index is 12.2. The molecule has 1 aliphatic rings. The highest BCUT2D eigenvalue weighted by Crippen LogP contribution is 2.20. The number of carbonyl (C=O) groups is 1. The number of fused-ring (bicyclic) bond motifs is 1. The van der Waals surface area contributed by atoms with Crippen LogP contribution in [0, 0.1) is 0 Å². The Balaban J connectivity index is 1.95. The predicted molar refractivity (Wildman–Crippen MR) is 79.9 cm³/mol. The highest BCUT2D eigenvalue weighted by Gasteiger charge is 2.20. The van der Waals surface area contributed by atoms with E-state index in [0.29, 0.717) is 5.58 Å². The van der Waals surface area contributed by atoms with E-state index in [1.165, 1.54) is 0 Å². The molecular weight excluding hydrogens is 322 g/mol. The summed E-state index contributed by atoms with van der Waals surface area (Å²) in [6.45, 7) is 0. The van der Waals surface area contributed by atoms with E-state index in [1.807, 2.05) is 6.07 Å². The van der Waals surface area contributed by atoms with Crippen molar-refractivity contribution in [2.24, 2.45) is 0 Å². The third kappa shape index (κ3) is 2.63. The molecule has 20 heavy (non-hydrogen) atoms. The van der Waals surface area contributed by atoms with Crippen molar-refractivity contribution in [1.29, 1.82) is 0 Å². The molecule has 1 saturated carbocycles.